The van der Waals surface area contributed by atoms with Crippen LogP contribution in [0.2, 0.25) is 0 Å². The first kappa shape index (κ1) is 14.1. The van der Waals surface area contributed by atoms with E-state index in [1.54, 1.807) is 12.3 Å². The molecule has 0 radical (unpaired) electrons. The minimum absolute atomic E-state index is 0.129. The van der Waals surface area contributed by atoms with Crippen molar-refractivity contribution in [2.24, 2.45) is 0 Å². The fourth-order valence-electron chi connectivity index (χ4n) is 2.51. The number of nitrogens with one attached hydrogen (secondary N) is 1. The Morgan fingerprint density at radius 3 is 2.67 bits per heavy atom. The second-order valence-corrected chi connectivity index (χ2v) is 5.86. The van der Waals surface area contributed by atoms with Crippen LogP contribution in [-0.2, 0) is 0 Å². The maximum absolute atomic E-state index is 12.4. The summed E-state index contributed by atoms with van der Waals surface area (Å²) < 4.78 is 0.786. The summed E-state index contributed by atoms with van der Waals surface area (Å²) in [6.45, 7) is 1.99. The van der Waals surface area contributed by atoms with Gasteiger partial charge >= 0.3 is 0 Å². The molecule has 1 aliphatic rings. The first-order valence-corrected chi connectivity index (χ1v) is 7.81. The number of aromatic nitrogens is 1. The van der Waals surface area contributed by atoms with Crippen LogP contribution in [0.25, 0.3) is 0 Å². The van der Waals surface area contributed by atoms with Crippen molar-refractivity contribution < 1.29 is 4.79 Å². The molecule has 0 bridgehead atoms. The van der Waals surface area contributed by atoms with Gasteiger partial charge in [0.25, 0.3) is 5.91 Å². The predicted molar refractivity (Wildman–Crippen MR) is 87.8 cm³/mol. The van der Waals surface area contributed by atoms with Crippen molar-refractivity contribution in [1.29, 1.82) is 0 Å². The van der Waals surface area contributed by atoms with E-state index in [4.69, 9.17) is 0 Å². The van der Waals surface area contributed by atoms with Crippen LogP contribution >= 0.6 is 15.9 Å². The maximum atomic E-state index is 12.4. The number of carbonyl (C=O) groups is 1. The molecule has 1 saturated heterocycles. The Labute approximate surface area is 132 Å². The first-order chi connectivity index (χ1) is 10.3. The molecule has 21 heavy (non-hydrogen) atoms. The highest BCUT2D eigenvalue weighted by atomic mass is 79.9. The lowest BCUT2D eigenvalue weighted by Gasteiger charge is -2.20. The van der Waals surface area contributed by atoms with Gasteiger partial charge in [-0.25, -0.2) is 4.98 Å². The van der Waals surface area contributed by atoms with Gasteiger partial charge in [0.05, 0.1) is 11.3 Å². The molecule has 0 saturated carbocycles. The van der Waals surface area contributed by atoms with E-state index in [1.807, 2.05) is 30.3 Å². The maximum Gasteiger partial charge on any atom is 0.256 e. The largest absolute Gasteiger partial charge is 0.355 e. The van der Waals surface area contributed by atoms with Crippen LogP contribution in [0.15, 0.2) is 47.1 Å². The van der Waals surface area contributed by atoms with Gasteiger partial charge in [-0.05, 0) is 53.0 Å². The summed E-state index contributed by atoms with van der Waals surface area (Å²) in [5, 5.41) is 2.97. The average Bonchev–Trinajstić information content (AvgIpc) is 3.02. The molecule has 4 nitrogen and oxygen atoms in total. The number of anilines is 2. The fraction of sp³-hybridized carbons (Fsp3) is 0.250. The normalized spacial score (nSPS) is 14.2. The molecule has 0 atom stereocenters. The van der Waals surface area contributed by atoms with E-state index >= 15 is 0 Å². The molecule has 1 fully saturated rings. The Morgan fingerprint density at radius 2 is 1.90 bits per heavy atom. The van der Waals surface area contributed by atoms with E-state index in [9.17, 15) is 4.79 Å². The molecule has 1 aromatic carbocycles. The van der Waals surface area contributed by atoms with Crippen molar-refractivity contribution >= 4 is 33.3 Å². The average molecular weight is 346 g/mol. The molecule has 108 valence electrons. The summed E-state index contributed by atoms with van der Waals surface area (Å²) in [5.74, 6) is 0.728. The molecule has 0 unspecified atom stereocenters. The topological polar surface area (TPSA) is 45.2 Å². The van der Waals surface area contributed by atoms with Gasteiger partial charge < -0.3 is 10.2 Å². The third-order valence-corrected chi connectivity index (χ3v) is 4.25. The van der Waals surface area contributed by atoms with Gasteiger partial charge in [0.2, 0.25) is 0 Å². The van der Waals surface area contributed by atoms with Crippen LogP contribution in [0.1, 0.15) is 23.2 Å². The number of carbonyl (C=O) groups excluding carboxylic acids is 1. The highest BCUT2D eigenvalue weighted by molar-refractivity contribution is 9.10. The highest BCUT2D eigenvalue weighted by Crippen LogP contribution is 2.27. The van der Waals surface area contributed by atoms with Crippen LogP contribution in [0, 0.1) is 0 Å². The summed E-state index contributed by atoms with van der Waals surface area (Å²) in [5.41, 5.74) is 1.38. The Morgan fingerprint density at radius 1 is 1.14 bits per heavy atom. The SMILES string of the molecule is O=C(Nc1cccnc1N1CCCC1)c1ccccc1Br. The van der Waals surface area contributed by atoms with E-state index < -0.39 is 0 Å². The number of amides is 1. The van der Waals surface area contributed by atoms with Gasteiger partial charge in [0, 0.05) is 23.8 Å². The molecular weight excluding hydrogens is 330 g/mol. The quantitative estimate of drug-likeness (QED) is 0.922. The van der Waals surface area contributed by atoms with Crippen LogP contribution in [0.5, 0.6) is 0 Å². The third-order valence-electron chi connectivity index (χ3n) is 3.56. The van der Waals surface area contributed by atoms with E-state index in [-0.39, 0.29) is 5.91 Å². The van der Waals surface area contributed by atoms with Gasteiger partial charge in [-0.2, -0.15) is 0 Å². The standard InChI is InChI=1S/C16H16BrN3O/c17-13-7-2-1-6-12(13)16(21)19-14-8-5-9-18-15(14)20-10-3-4-11-20/h1-2,5-9H,3-4,10-11H2,(H,19,21). The lowest BCUT2D eigenvalue weighted by Crippen LogP contribution is -2.22. The molecular formula is C16H16BrN3O. The van der Waals surface area contributed by atoms with Crippen LogP contribution in [0.4, 0.5) is 11.5 Å². The zero-order valence-corrected chi connectivity index (χ0v) is 13.1. The summed E-state index contributed by atoms with van der Waals surface area (Å²) >= 11 is 3.41. The van der Waals surface area contributed by atoms with Gasteiger partial charge in [0.15, 0.2) is 5.82 Å². The second kappa shape index (κ2) is 6.26. The summed E-state index contributed by atoms with van der Waals surface area (Å²) in [4.78, 5) is 19.1. The monoisotopic (exact) mass is 345 g/mol. The molecule has 0 spiro atoms. The number of rotatable bonds is 3. The predicted octanol–water partition coefficient (Wildman–Crippen LogP) is 3.70. The number of hydrogen-bond donors (Lipinski definition) is 1. The van der Waals surface area contributed by atoms with Crippen LogP contribution < -0.4 is 10.2 Å². The zero-order valence-electron chi connectivity index (χ0n) is 11.6. The van der Waals surface area contributed by atoms with Crippen molar-refractivity contribution in [2.75, 3.05) is 23.3 Å². The van der Waals surface area contributed by atoms with Crippen molar-refractivity contribution in [3.63, 3.8) is 0 Å². The second-order valence-electron chi connectivity index (χ2n) is 5.00. The van der Waals surface area contributed by atoms with Crippen LogP contribution in [0.3, 0.4) is 0 Å². The van der Waals surface area contributed by atoms with E-state index in [1.165, 1.54) is 12.8 Å². The Bertz CT molecular complexity index is 653. The third kappa shape index (κ3) is 3.08. The summed E-state index contributed by atoms with van der Waals surface area (Å²) in [7, 11) is 0. The minimum atomic E-state index is -0.129. The molecule has 5 heteroatoms. The number of hydrogen-bond acceptors (Lipinski definition) is 3. The number of pyridine rings is 1. The highest BCUT2D eigenvalue weighted by Gasteiger charge is 2.18. The lowest BCUT2D eigenvalue weighted by molar-refractivity contribution is 0.102. The molecule has 2 aromatic rings. The smallest absolute Gasteiger partial charge is 0.256 e. The van der Waals surface area contributed by atoms with Crippen molar-refractivity contribution in [3.05, 3.63) is 52.6 Å². The van der Waals surface area contributed by atoms with Gasteiger partial charge in [0.1, 0.15) is 0 Å². The molecule has 3 rings (SSSR count). The Kier molecular flexibility index (Phi) is 4.20. The first-order valence-electron chi connectivity index (χ1n) is 7.01. The van der Waals surface area contributed by atoms with Crippen molar-refractivity contribution in [3.8, 4) is 0 Å². The van der Waals surface area contributed by atoms with Crippen molar-refractivity contribution in [2.45, 2.75) is 12.8 Å². The Hall–Kier alpha value is -1.88. The summed E-state index contributed by atoms with van der Waals surface area (Å²) in [6, 6.07) is 11.1. The van der Waals surface area contributed by atoms with E-state index in [2.05, 4.69) is 31.1 Å². The molecule has 1 aliphatic heterocycles. The number of halogens is 1. The fourth-order valence-corrected chi connectivity index (χ4v) is 2.98. The van der Waals surface area contributed by atoms with Crippen molar-refractivity contribution in [1.82, 2.24) is 4.98 Å². The molecule has 0 aliphatic carbocycles. The van der Waals surface area contributed by atoms with Crippen LogP contribution in [-0.4, -0.2) is 24.0 Å². The molecule has 1 N–H and O–H groups in total. The minimum Gasteiger partial charge on any atom is -0.355 e. The number of nitrogens with zero attached hydrogens (tertiary/aromatic N) is 2. The van der Waals surface area contributed by atoms with Gasteiger partial charge in [-0.3, -0.25) is 4.79 Å². The van der Waals surface area contributed by atoms with Gasteiger partial charge in [-0.15, -0.1) is 0 Å². The summed E-state index contributed by atoms with van der Waals surface area (Å²) in [6.07, 6.45) is 4.12. The molecule has 1 amide bonds. The van der Waals surface area contributed by atoms with E-state index in [0.29, 0.717) is 5.56 Å². The molecule has 2 heterocycles. The molecule has 1 aromatic heterocycles. The number of benzene rings is 1. The van der Waals surface area contributed by atoms with E-state index in [0.717, 1.165) is 29.1 Å². The van der Waals surface area contributed by atoms with Gasteiger partial charge in [-0.1, -0.05) is 12.1 Å². The Balaban J connectivity index is 1.85. The lowest BCUT2D eigenvalue weighted by atomic mass is 10.2. The zero-order chi connectivity index (χ0) is 14.7.